The molecule has 2 N–H and O–H groups in total. The molecule has 0 aliphatic heterocycles. The second-order valence-electron chi connectivity index (χ2n) is 5.38. The molecular formula is C18H18N2O3S. The number of ether oxygens (including phenoxy) is 2. The number of amides is 1. The maximum absolute atomic E-state index is 11.3. The number of methoxy groups -OCH3 is 2. The number of nitrogens with two attached hydrogens (primary N) is 1. The van der Waals surface area contributed by atoms with Crippen LogP contribution in [0, 0.1) is 0 Å². The van der Waals surface area contributed by atoms with Crippen LogP contribution in [0.5, 0.6) is 11.5 Å². The lowest BCUT2D eigenvalue weighted by Crippen LogP contribution is -2.07. The number of hydrogen-bond acceptors (Lipinski definition) is 5. The number of rotatable bonds is 6. The molecule has 1 aromatic carbocycles. The zero-order chi connectivity index (χ0) is 17.1. The summed E-state index contributed by atoms with van der Waals surface area (Å²) in [6.07, 6.45) is 3.44. The molecule has 0 atom stereocenters. The van der Waals surface area contributed by atoms with E-state index in [1.54, 1.807) is 20.4 Å². The van der Waals surface area contributed by atoms with E-state index in [1.165, 1.54) is 11.3 Å². The van der Waals surface area contributed by atoms with E-state index in [9.17, 15) is 4.79 Å². The molecule has 2 heterocycles. The third-order valence-electron chi connectivity index (χ3n) is 3.82. The number of benzene rings is 1. The lowest BCUT2D eigenvalue weighted by Gasteiger charge is -2.09. The first-order valence-corrected chi connectivity index (χ1v) is 8.31. The molecule has 0 saturated carbocycles. The monoisotopic (exact) mass is 342 g/mol. The zero-order valence-electron chi connectivity index (χ0n) is 13.5. The zero-order valence-corrected chi connectivity index (χ0v) is 14.4. The third-order valence-corrected chi connectivity index (χ3v) is 4.92. The first-order valence-electron chi connectivity index (χ1n) is 7.50. The van der Waals surface area contributed by atoms with Gasteiger partial charge < -0.3 is 15.2 Å². The Bertz CT molecular complexity index is 889. The summed E-state index contributed by atoms with van der Waals surface area (Å²) in [7, 11) is 3.25. The molecule has 1 amide bonds. The Kier molecular flexibility index (Phi) is 4.66. The Morgan fingerprint density at radius 3 is 2.62 bits per heavy atom. The van der Waals surface area contributed by atoms with E-state index in [0.29, 0.717) is 4.88 Å². The molecule has 24 heavy (non-hydrogen) atoms. The van der Waals surface area contributed by atoms with Crippen molar-refractivity contribution < 1.29 is 14.3 Å². The molecule has 0 spiro atoms. The largest absolute Gasteiger partial charge is 0.493 e. The van der Waals surface area contributed by atoms with Crippen LogP contribution in [0.1, 0.15) is 20.9 Å². The van der Waals surface area contributed by atoms with Gasteiger partial charge in [-0.2, -0.15) is 0 Å². The standard InChI is InChI=1S/C18H18N2O3S/c1-22-14-6-4-11(7-15(14)23-2)3-5-13-8-12-9-16(18(19)21)24-17(12)10-20-13/h4,6-10H,3,5H2,1-2H3,(H2,19,21). The van der Waals surface area contributed by atoms with Gasteiger partial charge in [0.1, 0.15) is 0 Å². The Morgan fingerprint density at radius 1 is 1.12 bits per heavy atom. The van der Waals surface area contributed by atoms with Crippen LogP contribution in [0.4, 0.5) is 0 Å². The first-order chi connectivity index (χ1) is 11.6. The molecule has 0 saturated heterocycles. The first kappa shape index (κ1) is 16.3. The van der Waals surface area contributed by atoms with Crippen LogP contribution in [-0.2, 0) is 12.8 Å². The summed E-state index contributed by atoms with van der Waals surface area (Å²) in [4.78, 5) is 16.3. The number of hydrogen-bond donors (Lipinski definition) is 1. The average Bonchev–Trinajstić information content (AvgIpc) is 3.03. The highest BCUT2D eigenvalue weighted by Crippen LogP contribution is 2.28. The van der Waals surface area contributed by atoms with Crippen LogP contribution in [0.2, 0.25) is 0 Å². The van der Waals surface area contributed by atoms with Gasteiger partial charge in [0.05, 0.1) is 23.8 Å². The summed E-state index contributed by atoms with van der Waals surface area (Å²) in [6, 6.07) is 9.74. The van der Waals surface area contributed by atoms with E-state index in [-0.39, 0.29) is 0 Å². The number of aromatic nitrogens is 1. The number of nitrogens with zero attached hydrogens (tertiary/aromatic N) is 1. The molecule has 2 aromatic heterocycles. The van der Waals surface area contributed by atoms with Crippen molar-refractivity contribution in [1.82, 2.24) is 4.98 Å². The molecule has 0 aliphatic rings. The van der Waals surface area contributed by atoms with Crippen LogP contribution in [-0.4, -0.2) is 25.1 Å². The Hall–Kier alpha value is -2.60. The van der Waals surface area contributed by atoms with Gasteiger partial charge in [-0.05, 0) is 48.1 Å². The van der Waals surface area contributed by atoms with Gasteiger partial charge in [0, 0.05) is 11.9 Å². The second kappa shape index (κ2) is 6.88. The fourth-order valence-electron chi connectivity index (χ4n) is 2.56. The minimum Gasteiger partial charge on any atom is -0.493 e. The fraction of sp³-hybridized carbons (Fsp3) is 0.222. The smallest absolute Gasteiger partial charge is 0.258 e. The van der Waals surface area contributed by atoms with E-state index in [1.807, 2.05) is 30.3 Å². The molecule has 124 valence electrons. The van der Waals surface area contributed by atoms with Gasteiger partial charge in [0.2, 0.25) is 0 Å². The SMILES string of the molecule is COc1ccc(CCc2cc3cc(C(N)=O)sc3cn2)cc1OC. The Labute approximate surface area is 144 Å². The summed E-state index contributed by atoms with van der Waals surface area (Å²) in [5, 5.41) is 1.01. The third kappa shape index (κ3) is 3.33. The summed E-state index contributed by atoms with van der Waals surface area (Å²) >= 11 is 1.37. The predicted molar refractivity (Wildman–Crippen MR) is 95.1 cm³/mol. The molecule has 3 aromatic rings. The lowest BCUT2D eigenvalue weighted by atomic mass is 10.1. The number of primary amides is 1. The van der Waals surface area contributed by atoms with E-state index in [4.69, 9.17) is 15.2 Å². The molecule has 0 radical (unpaired) electrons. The van der Waals surface area contributed by atoms with Crippen molar-refractivity contribution in [3.63, 3.8) is 0 Å². The van der Waals surface area contributed by atoms with Crippen LogP contribution < -0.4 is 15.2 Å². The highest BCUT2D eigenvalue weighted by Gasteiger charge is 2.09. The predicted octanol–water partition coefficient (Wildman–Crippen LogP) is 3.20. The van der Waals surface area contributed by atoms with E-state index >= 15 is 0 Å². The molecule has 3 rings (SSSR count). The molecule has 0 aliphatic carbocycles. The molecular weight excluding hydrogens is 324 g/mol. The summed E-state index contributed by atoms with van der Waals surface area (Å²) in [5.41, 5.74) is 7.46. The highest BCUT2D eigenvalue weighted by atomic mass is 32.1. The highest BCUT2D eigenvalue weighted by molar-refractivity contribution is 7.20. The van der Waals surface area contributed by atoms with Crippen molar-refractivity contribution in [2.45, 2.75) is 12.8 Å². The minimum absolute atomic E-state index is 0.400. The van der Waals surface area contributed by atoms with Gasteiger partial charge in [-0.1, -0.05) is 6.07 Å². The lowest BCUT2D eigenvalue weighted by molar-refractivity contribution is 0.100. The Balaban J connectivity index is 1.76. The van der Waals surface area contributed by atoms with Crippen LogP contribution in [0.25, 0.3) is 10.1 Å². The average molecular weight is 342 g/mol. The van der Waals surface area contributed by atoms with Gasteiger partial charge in [-0.25, -0.2) is 0 Å². The number of carbonyl (C=O) groups is 1. The van der Waals surface area contributed by atoms with Crippen molar-refractivity contribution in [2.24, 2.45) is 5.73 Å². The molecule has 6 heteroatoms. The number of fused-ring (bicyclic) bond motifs is 1. The van der Waals surface area contributed by atoms with Crippen LogP contribution in [0.15, 0.2) is 36.5 Å². The summed E-state index contributed by atoms with van der Waals surface area (Å²) in [6.45, 7) is 0. The van der Waals surface area contributed by atoms with E-state index in [0.717, 1.165) is 45.7 Å². The minimum atomic E-state index is -0.400. The topological polar surface area (TPSA) is 74.4 Å². The molecule has 0 fully saturated rings. The van der Waals surface area contributed by atoms with Crippen molar-refractivity contribution in [3.8, 4) is 11.5 Å². The quantitative estimate of drug-likeness (QED) is 0.746. The van der Waals surface area contributed by atoms with Gasteiger partial charge in [0.25, 0.3) is 5.91 Å². The number of aryl methyl sites for hydroxylation is 2. The van der Waals surface area contributed by atoms with Crippen LogP contribution >= 0.6 is 11.3 Å². The summed E-state index contributed by atoms with van der Waals surface area (Å²) in [5.74, 6) is 1.04. The van der Waals surface area contributed by atoms with Crippen molar-refractivity contribution in [3.05, 3.63) is 52.7 Å². The maximum atomic E-state index is 11.3. The molecule has 5 nitrogen and oxygen atoms in total. The number of carbonyl (C=O) groups excluding carboxylic acids is 1. The normalized spacial score (nSPS) is 10.8. The van der Waals surface area contributed by atoms with Crippen molar-refractivity contribution >= 4 is 27.3 Å². The Morgan fingerprint density at radius 2 is 1.92 bits per heavy atom. The second-order valence-corrected chi connectivity index (χ2v) is 6.46. The number of pyridine rings is 1. The van der Waals surface area contributed by atoms with Crippen molar-refractivity contribution in [1.29, 1.82) is 0 Å². The maximum Gasteiger partial charge on any atom is 0.258 e. The molecule has 0 bridgehead atoms. The summed E-state index contributed by atoms with van der Waals surface area (Å²) < 4.78 is 11.5. The number of thiophene rings is 1. The van der Waals surface area contributed by atoms with Gasteiger partial charge in [0.15, 0.2) is 11.5 Å². The van der Waals surface area contributed by atoms with E-state index < -0.39 is 5.91 Å². The van der Waals surface area contributed by atoms with Gasteiger partial charge >= 0.3 is 0 Å². The van der Waals surface area contributed by atoms with Crippen molar-refractivity contribution in [2.75, 3.05) is 14.2 Å². The van der Waals surface area contributed by atoms with Crippen LogP contribution in [0.3, 0.4) is 0 Å². The van der Waals surface area contributed by atoms with Gasteiger partial charge in [-0.15, -0.1) is 11.3 Å². The fourth-order valence-corrected chi connectivity index (χ4v) is 3.42. The van der Waals surface area contributed by atoms with E-state index in [2.05, 4.69) is 4.98 Å². The van der Waals surface area contributed by atoms with Gasteiger partial charge in [-0.3, -0.25) is 9.78 Å². The molecule has 0 unspecified atom stereocenters.